The minimum absolute atomic E-state index is 0.162. The normalized spacial score (nSPS) is 14.4. The van der Waals surface area contributed by atoms with Crippen molar-refractivity contribution in [3.63, 3.8) is 0 Å². The summed E-state index contributed by atoms with van der Waals surface area (Å²) in [5.41, 5.74) is 5.51. The van der Waals surface area contributed by atoms with E-state index in [1.807, 2.05) is 20.8 Å². The Labute approximate surface area is 85.8 Å². The van der Waals surface area contributed by atoms with Crippen molar-refractivity contribution in [3.05, 3.63) is 0 Å². The van der Waals surface area contributed by atoms with E-state index < -0.39 is 10.0 Å². The Hall–Kier alpha value is -0.620. The molecule has 0 aliphatic heterocycles. The van der Waals surface area contributed by atoms with Crippen LogP contribution in [0.3, 0.4) is 0 Å². The van der Waals surface area contributed by atoms with E-state index in [1.54, 1.807) is 0 Å². The number of hydrogen-bond donors (Lipinski definition) is 2. The molecule has 0 radical (unpaired) electrons. The summed E-state index contributed by atoms with van der Waals surface area (Å²) >= 11 is 0. The lowest BCUT2D eigenvalue weighted by molar-refractivity contribution is 0.578. The summed E-state index contributed by atoms with van der Waals surface area (Å²) in [7, 11) is -3.12. The van der Waals surface area contributed by atoms with Crippen LogP contribution >= 0.6 is 0 Å². The standard InChI is InChI=1S/C8H19N3O2S/c1-8(2,3)7(9)10-5-6-11-14(4,12)13/h11H,5-6H2,1-4H3,(H2,9,10). The zero-order valence-electron chi connectivity index (χ0n) is 9.16. The third-order valence-corrected chi connectivity index (χ3v) is 2.26. The van der Waals surface area contributed by atoms with Crippen LogP contribution in [0.1, 0.15) is 20.8 Å². The molecule has 0 atom stereocenters. The van der Waals surface area contributed by atoms with Crippen molar-refractivity contribution < 1.29 is 8.42 Å². The molecular formula is C8H19N3O2S. The van der Waals surface area contributed by atoms with Crippen LogP contribution in [0.15, 0.2) is 4.99 Å². The summed E-state index contributed by atoms with van der Waals surface area (Å²) in [5.74, 6) is 0.535. The van der Waals surface area contributed by atoms with Gasteiger partial charge >= 0.3 is 0 Å². The second kappa shape index (κ2) is 4.75. The van der Waals surface area contributed by atoms with Gasteiger partial charge in [-0.1, -0.05) is 20.8 Å². The molecule has 6 heteroatoms. The highest BCUT2D eigenvalue weighted by Crippen LogP contribution is 2.12. The van der Waals surface area contributed by atoms with Gasteiger partial charge in [0, 0.05) is 12.0 Å². The minimum atomic E-state index is -3.12. The number of amidine groups is 1. The van der Waals surface area contributed by atoms with Gasteiger partial charge in [0.15, 0.2) is 0 Å². The fourth-order valence-electron chi connectivity index (χ4n) is 0.645. The summed E-state index contributed by atoms with van der Waals surface area (Å²) in [5, 5.41) is 0. The third kappa shape index (κ3) is 6.85. The Morgan fingerprint density at radius 3 is 2.29 bits per heavy atom. The molecule has 84 valence electrons. The zero-order valence-corrected chi connectivity index (χ0v) is 9.98. The molecule has 0 amide bonds. The first-order valence-corrected chi connectivity index (χ1v) is 6.27. The van der Waals surface area contributed by atoms with Crippen molar-refractivity contribution in [3.8, 4) is 0 Å². The van der Waals surface area contributed by atoms with Crippen molar-refractivity contribution in [1.29, 1.82) is 0 Å². The number of nitrogens with one attached hydrogen (secondary N) is 1. The van der Waals surface area contributed by atoms with Crippen molar-refractivity contribution in [2.24, 2.45) is 16.1 Å². The lowest BCUT2D eigenvalue weighted by atomic mass is 9.95. The highest BCUT2D eigenvalue weighted by molar-refractivity contribution is 7.88. The second-order valence-corrected chi connectivity index (χ2v) is 6.02. The van der Waals surface area contributed by atoms with Gasteiger partial charge in [0.25, 0.3) is 0 Å². The molecule has 0 aromatic carbocycles. The van der Waals surface area contributed by atoms with E-state index >= 15 is 0 Å². The summed E-state index contributed by atoms with van der Waals surface area (Å²) in [6, 6.07) is 0. The quantitative estimate of drug-likeness (QED) is 0.396. The molecule has 5 nitrogen and oxygen atoms in total. The lowest BCUT2D eigenvalue weighted by Crippen LogP contribution is -2.31. The number of nitrogens with two attached hydrogens (primary N) is 1. The van der Waals surface area contributed by atoms with Crippen molar-refractivity contribution in [1.82, 2.24) is 4.72 Å². The first kappa shape index (κ1) is 13.4. The van der Waals surface area contributed by atoms with E-state index in [0.717, 1.165) is 6.26 Å². The highest BCUT2D eigenvalue weighted by atomic mass is 32.2. The molecule has 0 bridgehead atoms. The Balaban J connectivity index is 3.96. The number of sulfonamides is 1. The van der Waals surface area contributed by atoms with Crippen LogP contribution in [-0.4, -0.2) is 33.6 Å². The van der Waals surface area contributed by atoms with Crippen LogP contribution in [0.2, 0.25) is 0 Å². The van der Waals surface area contributed by atoms with Gasteiger partial charge in [-0.25, -0.2) is 13.1 Å². The Morgan fingerprint density at radius 1 is 1.43 bits per heavy atom. The molecule has 0 spiro atoms. The third-order valence-electron chi connectivity index (χ3n) is 1.53. The largest absolute Gasteiger partial charge is 0.387 e. The summed E-state index contributed by atoms with van der Waals surface area (Å²) in [6.07, 6.45) is 1.11. The molecule has 0 aromatic heterocycles. The van der Waals surface area contributed by atoms with Gasteiger partial charge in [-0.2, -0.15) is 0 Å². The predicted molar refractivity (Wildman–Crippen MR) is 58.8 cm³/mol. The molecule has 0 rings (SSSR count). The maximum absolute atomic E-state index is 10.7. The van der Waals surface area contributed by atoms with Crippen molar-refractivity contribution >= 4 is 15.9 Å². The summed E-state index contributed by atoms with van der Waals surface area (Å²) < 4.78 is 23.7. The van der Waals surface area contributed by atoms with Crippen LogP contribution in [-0.2, 0) is 10.0 Å². The molecule has 0 saturated carbocycles. The van der Waals surface area contributed by atoms with Crippen LogP contribution in [0.4, 0.5) is 0 Å². The molecule has 0 fully saturated rings. The summed E-state index contributed by atoms with van der Waals surface area (Å²) in [6.45, 7) is 6.52. The average molecular weight is 221 g/mol. The molecule has 0 heterocycles. The smallest absolute Gasteiger partial charge is 0.208 e. The number of hydrogen-bond acceptors (Lipinski definition) is 3. The van der Waals surface area contributed by atoms with E-state index in [9.17, 15) is 8.42 Å². The SMILES string of the molecule is CC(C)(C)C(N)=NCCNS(C)(=O)=O. The highest BCUT2D eigenvalue weighted by Gasteiger charge is 2.14. The topological polar surface area (TPSA) is 84.5 Å². The van der Waals surface area contributed by atoms with Crippen LogP contribution in [0.5, 0.6) is 0 Å². The molecule has 0 saturated heterocycles. The first-order chi connectivity index (χ1) is 6.13. The van der Waals surface area contributed by atoms with Crippen LogP contribution in [0.25, 0.3) is 0 Å². The second-order valence-electron chi connectivity index (χ2n) is 4.18. The van der Waals surface area contributed by atoms with Gasteiger partial charge in [0.2, 0.25) is 10.0 Å². The molecule has 3 N–H and O–H groups in total. The van der Waals surface area contributed by atoms with Crippen LogP contribution in [0, 0.1) is 5.41 Å². The van der Waals surface area contributed by atoms with Gasteiger partial charge in [-0.05, 0) is 0 Å². The Morgan fingerprint density at radius 2 is 1.93 bits per heavy atom. The van der Waals surface area contributed by atoms with Gasteiger partial charge in [0.05, 0.1) is 18.6 Å². The van der Waals surface area contributed by atoms with E-state index in [1.165, 1.54) is 0 Å². The zero-order chi connectivity index (χ0) is 11.4. The van der Waals surface area contributed by atoms with Crippen molar-refractivity contribution in [2.75, 3.05) is 19.3 Å². The summed E-state index contributed by atoms with van der Waals surface area (Å²) in [4.78, 5) is 4.07. The van der Waals surface area contributed by atoms with Gasteiger partial charge in [-0.15, -0.1) is 0 Å². The van der Waals surface area contributed by atoms with E-state index in [-0.39, 0.29) is 12.0 Å². The lowest BCUT2D eigenvalue weighted by Gasteiger charge is -2.17. The van der Waals surface area contributed by atoms with E-state index in [0.29, 0.717) is 12.4 Å². The molecule has 0 unspecified atom stereocenters. The fourth-order valence-corrected chi connectivity index (χ4v) is 1.11. The van der Waals surface area contributed by atoms with Crippen LogP contribution < -0.4 is 10.5 Å². The maximum atomic E-state index is 10.7. The molecular weight excluding hydrogens is 202 g/mol. The first-order valence-electron chi connectivity index (χ1n) is 4.38. The monoisotopic (exact) mass is 221 g/mol. The Bertz CT molecular complexity index is 301. The molecule has 0 aliphatic rings. The number of aliphatic imine (C=N–C) groups is 1. The minimum Gasteiger partial charge on any atom is -0.387 e. The average Bonchev–Trinajstić information content (AvgIpc) is 1.93. The molecule has 0 aromatic rings. The van der Waals surface area contributed by atoms with Gasteiger partial charge in [0.1, 0.15) is 0 Å². The fraction of sp³-hybridized carbons (Fsp3) is 0.875. The predicted octanol–water partition coefficient (Wildman–Crippen LogP) is -0.0611. The number of nitrogens with zero attached hydrogens (tertiary/aromatic N) is 1. The van der Waals surface area contributed by atoms with Gasteiger partial charge in [-0.3, -0.25) is 4.99 Å². The van der Waals surface area contributed by atoms with E-state index in [2.05, 4.69) is 9.71 Å². The maximum Gasteiger partial charge on any atom is 0.208 e. The molecule has 14 heavy (non-hydrogen) atoms. The molecule has 0 aliphatic carbocycles. The van der Waals surface area contributed by atoms with Gasteiger partial charge < -0.3 is 5.73 Å². The Kier molecular flexibility index (Phi) is 4.54. The van der Waals surface area contributed by atoms with E-state index in [4.69, 9.17) is 5.73 Å². The van der Waals surface area contributed by atoms with Crippen molar-refractivity contribution in [2.45, 2.75) is 20.8 Å². The number of rotatable bonds is 4.